The molecule has 18 nitrogen and oxygen atoms in total. The fraction of sp³-hybridized carbons (Fsp3) is 0.524. The molecule has 6 rings (SSSR count). The molecule has 2 aliphatic heterocycles. The van der Waals surface area contributed by atoms with Gasteiger partial charge in [0.05, 0.1) is 24.5 Å². The highest BCUT2D eigenvalue weighted by atomic mass is 32.7. The summed E-state index contributed by atoms with van der Waals surface area (Å²) in [5.74, 6) is -0.122. The number of nitrogens with two attached hydrogens (primary N) is 2. The predicted molar refractivity (Wildman–Crippen MR) is 167 cm³/mol. The lowest BCUT2D eigenvalue weighted by Crippen LogP contribution is -2.34. The number of halogens is 2. The van der Waals surface area contributed by atoms with E-state index in [4.69, 9.17) is 46.3 Å². The molecule has 0 aliphatic carbocycles. The van der Waals surface area contributed by atoms with Gasteiger partial charge in [-0.15, -0.1) is 16.3 Å². The Balaban J connectivity index is 1.21. The van der Waals surface area contributed by atoms with Gasteiger partial charge in [0.15, 0.2) is 35.0 Å². The zero-order valence-electron chi connectivity index (χ0n) is 23.3. The van der Waals surface area contributed by atoms with Gasteiger partial charge in [0, 0.05) is 7.11 Å². The highest BCUT2D eigenvalue weighted by Crippen LogP contribution is 2.55. The number of fused-ring (bicyclic) bond motifs is 2. The van der Waals surface area contributed by atoms with Crippen LogP contribution in [0.15, 0.2) is 23.8 Å². The maximum absolute atomic E-state index is 15.9. The van der Waals surface area contributed by atoms with E-state index < -0.39 is 73.6 Å². The zero-order chi connectivity index (χ0) is 32.9. The second-order valence-electron chi connectivity index (χ2n) is 9.95. The molecule has 46 heavy (non-hydrogen) atoms. The largest absolute Gasteiger partial charge is 0.582 e. The van der Waals surface area contributed by atoms with Crippen LogP contribution in [0.5, 0.6) is 0 Å². The van der Waals surface area contributed by atoms with Crippen molar-refractivity contribution < 1.29 is 41.3 Å². The molecule has 248 valence electrons. The van der Waals surface area contributed by atoms with Crippen LogP contribution < -0.4 is 17.0 Å². The van der Waals surface area contributed by atoms with Crippen molar-refractivity contribution >= 4 is 83.9 Å². The third-order valence-electron chi connectivity index (χ3n) is 7.20. The monoisotopic (exact) mass is 741 g/mol. The highest BCUT2D eigenvalue weighted by Gasteiger charge is 2.51. The number of nitrogen functional groups attached to an aromatic ring is 2. The number of methoxy groups -OCH3 is 1. The standard InChI is InChI=1S/C21H24F2N10O8P2S3/c1-37-13-7(40-19(10(13)23)32-5-28-11-15(24)26-4-27-16(11)32)2-39-43(36,45)41-14-9(22)8(3-38-42(35)44)46-20(14)33-6-29-12-17(33)30-21(25)31-18(12)34/h4-10,13-14,19-20H,2-3H2,1H3,(H6-,24,25,26,27,30,31,34,35,36,44,45)/p+1/t7-,8-,9-,10+,13-,14-,19-,20-,43?/m1/s1. The summed E-state index contributed by atoms with van der Waals surface area (Å²) < 4.78 is 73.1. The normalized spacial score (nSPS) is 29.9. The number of aromatic amines is 1. The first-order valence-electron chi connectivity index (χ1n) is 13.1. The van der Waals surface area contributed by atoms with Crippen molar-refractivity contribution in [3.8, 4) is 0 Å². The van der Waals surface area contributed by atoms with Crippen LogP contribution in [0.3, 0.4) is 0 Å². The second kappa shape index (κ2) is 13.2. The van der Waals surface area contributed by atoms with E-state index in [1.807, 2.05) is 0 Å². The van der Waals surface area contributed by atoms with Gasteiger partial charge >= 0.3 is 13.9 Å². The Kier molecular flexibility index (Phi) is 9.63. The van der Waals surface area contributed by atoms with E-state index in [1.54, 1.807) is 0 Å². The summed E-state index contributed by atoms with van der Waals surface area (Å²) in [5, 5.41) is -2.02. The molecule has 4 aromatic heterocycles. The van der Waals surface area contributed by atoms with Gasteiger partial charge in [-0.3, -0.25) is 23.4 Å². The highest BCUT2D eigenvalue weighted by molar-refractivity contribution is 8.39. The lowest BCUT2D eigenvalue weighted by atomic mass is 10.1. The molecule has 2 unspecified atom stereocenters. The quantitative estimate of drug-likeness (QED) is 0.108. The number of thiol groups is 1. The van der Waals surface area contributed by atoms with Gasteiger partial charge in [-0.05, 0) is 16.4 Å². The second-order valence-corrected chi connectivity index (χ2v) is 15.8. The van der Waals surface area contributed by atoms with Gasteiger partial charge in [-0.2, -0.15) is 4.98 Å². The van der Waals surface area contributed by atoms with Crippen LogP contribution in [-0.2, 0) is 39.4 Å². The predicted octanol–water partition coefficient (Wildman–Crippen LogP) is 1.55. The molecule has 2 aliphatic rings. The van der Waals surface area contributed by atoms with E-state index in [-0.39, 0.29) is 40.7 Å². The van der Waals surface area contributed by atoms with Gasteiger partial charge < -0.3 is 30.4 Å². The number of H-pyrrole nitrogens is 1. The molecule has 0 spiro atoms. The molecule has 0 radical (unpaired) electrons. The Bertz CT molecular complexity index is 1890. The summed E-state index contributed by atoms with van der Waals surface area (Å²) in [6.07, 6.45) is -4.97. The molecule has 6 heterocycles. The number of hydrogen-bond donors (Lipinski definition) is 5. The van der Waals surface area contributed by atoms with Crippen molar-refractivity contribution in [2.75, 3.05) is 31.8 Å². The molecule has 25 heteroatoms. The van der Waals surface area contributed by atoms with Gasteiger partial charge in [-0.25, -0.2) is 28.7 Å². The first-order chi connectivity index (χ1) is 21.9. The van der Waals surface area contributed by atoms with E-state index in [1.165, 1.54) is 35.2 Å². The molecular formula is C21H25F2N10O8P2S3+. The molecule has 0 aromatic carbocycles. The Morgan fingerprint density at radius 1 is 1.15 bits per heavy atom. The van der Waals surface area contributed by atoms with Crippen LogP contribution in [0.25, 0.3) is 22.3 Å². The topological polar surface area (TPSA) is 243 Å². The summed E-state index contributed by atoms with van der Waals surface area (Å²) in [4.78, 5) is 46.0. The van der Waals surface area contributed by atoms with Crippen molar-refractivity contribution in [3.63, 3.8) is 0 Å². The van der Waals surface area contributed by atoms with Crippen LogP contribution in [0, 0.1) is 0 Å². The Labute approximate surface area is 272 Å². The van der Waals surface area contributed by atoms with E-state index in [0.29, 0.717) is 0 Å². The van der Waals surface area contributed by atoms with Crippen molar-refractivity contribution in [2.24, 2.45) is 0 Å². The maximum Gasteiger partial charge on any atom is 0.582 e. The van der Waals surface area contributed by atoms with E-state index in [2.05, 4.69) is 42.2 Å². The number of alkyl halides is 2. The number of nitrogens with one attached hydrogen (secondary N) is 1. The molecular weight excluding hydrogens is 716 g/mol. The number of ether oxygens (including phenoxy) is 2. The van der Waals surface area contributed by atoms with Crippen LogP contribution in [0.4, 0.5) is 20.5 Å². The number of nitrogens with zero attached hydrogens (tertiary/aromatic N) is 7. The average molecular weight is 742 g/mol. The van der Waals surface area contributed by atoms with Crippen molar-refractivity contribution in [2.45, 2.75) is 47.5 Å². The molecule has 0 amide bonds. The Morgan fingerprint density at radius 2 is 1.89 bits per heavy atom. The zero-order valence-corrected chi connectivity index (χ0v) is 27.6. The van der Waals surface area contributed by atoms with Gasteiger partial charge in [-0.1, -0.05) is 0 Å². The van der Waals surface area contributed by atoms with E-state index in [0.717, 1.165) is 11.8 Å². The van der Waals surface area contributed by atoms with Crippen molar-refractivity contribution in [1.29, 1.82) is 0 Å². The fourth-order valence-electron chi connectivity index (χ4n) is 5.17. The number of aromatic nitrogens is 8. The third kappa shape index (κ3) is 6.38. The summed E-state index contributed by atoms with van der Waals surface area (Å²) in [6, 6.07) is 0. The summed E-state index contributed by atoms with van der Waals surface area (Å²) in [7, 11) is -1.09. The third-order valence-corrected chi connectivity index (χ3v) is 11.0. The smallest absolute Gasteiger partial charge is 0.382 e. The molecule has 0 saturated carbocycles. The van der Waals surface area contributed by atoms with E-state index >= 15 is 8.78 Å². The lowest BCUT2D eigenvalue weighted by Gasteiger charge is -2.27. The minimum atomic E-state index is -4.29. The molecule has 4 aromatic rings. The minimum Gasteiger partial charge on any atom is -0.382 e. The van der Waals surface area contributed by atoms with Crippen LogP contribution in [0.1, 0.15) is 11.6 Å². The lowest BCUT2D eigenvalue weighted by molar-refractivity contribution is -0.0517. The van der Waals surface area contributed by atoms with Crippen molar-refractivity contribution in [1.82, 2.24) is 39.0 Å². The summed E-state index contributed by atoms with van der Waals surface area (Å²) in [6.45, 7) is -5.15. The van der Waals surface area contributed by atoms with Gasteiger partial charge in [0.2, 0.25) is 5.95 Å². The van der Waals surface area contributed by atoms with Gasteiger partial charge in [0.25, 0.3) is 5.56 Å². The number of thioether (sulfide) groups is 1. The maximum atomic E-state index is 15.9. The summed E-state index contributed by atoms with van der Waals surface area (Å²) >= 11 is 9.89. The summed E-state index contributed by atoms with van der Waals surface area (Å²) in [5.41, 5.74) is 11.3. The number of rotatable bonds is 11. The fourth-order valence-corrected chi connectivity index (χ4v) is 8.72. The molecule has 10 atom stereocenters. The van der Waals surface area contributed by atoms with Crippen LogP contribution in [-0.4, -0.2) is 100 Å². The number of hydrogen-bond acceptors (Lipinski definition) is 16. The molecule has 2 saturated heterocycles. The first-order valence-corrected chi connectivity index (χ1v) is 19.0. The molecule has 6 N–H and O–H groups in total. The van der Waals surface area contributed by atoms with Gasteiger partial charge in [0.1, 0.15) is 60.6 Å². The number of anilines is 2. The molecule has 0 bridgehead atoms. The Hall–Kier alpha value is -2.43. The number of imidazole rings is 2. The minimum absolute atomic E-state index is 0.00919. The van der Waals surface area contributed by atoms with E-state index in [9.17, 15) is 14.3 Å². The average Bonchev–Trinajstić information content (AvgIpc) is 3.75. The van der Waals surface area contributed by atoms with Crippen molar-refractivity contribution in [3.05, 3.63) is 29.3 Å². The molecule has 2 fully saturated rings. The Morgan fingerprint density at radius 3 is 2.63 bits per heavy atom. The van der Waals surface area contributed by atoms with Crippen LogP contribution >= 0.6 is 38.0 Å². The van der Waals surface area contributed by atoms with Crippen LogP contribution in [0.2, 0.25) is 0 Å². The first kappa shape index (κ1) is 33.5. The SMILES string of the molecule is CO[C@H]1[C@H](F)[C@H](n2cnc3c(N)ncnc32)O[C@@H]1COP(O)(=S)O[C@@H]1[C@H](F)[C@@H](CO[P+](=O)S)S[C@H]1n1cnc2c(=O)[nH]c(N)nc21.